The lowest BCUT2D eigenvalue weighted by atomic mass is 10.0. The van der Waals surface area contributed by atoms with Gasteiger partial charge in [-0.1, -0.05) is 244 Å². The topological polar surface area (TPSA) is 95.9 Å². The largest absolute Gasteiger partial charge is 0.466 e. The van der Waals surface area contributed by atoms with E-state index in [9.17, 15) is 19.8 Å². The van der Waals surface area contributed by atoms with Gasteiger partial charge >= 0.3 is 5.97 Å². The maximum atomic E-state index is 12.4. The van der Waals surface area contributed by atoms with Crippen LogP contribution in [0.4, 0.5) is 0 Å². The SMILES string of the molecule is CCCCCCCCCCCC/C=C/C(O)C(CO)NC(=O)CCCCCCCCC/C=C\CCCCCCCCOC(=O)CCCCCCCCCCCCCCCCC. The first-order valence-electron chi connectivity index (χ1n) is 27.1. The molecule has 360 valence electrons. The lowest BCUT2D eigenvalue weighted by molar-refractivity contribution is -0.143. The van der Waals surface area contributed by atoms with E-state index in [2.05, 4.69) is 31.3 Å². The molecule has 0 radical (unpaired) electrons. The number of aliphatic hydroxyl groups is 2. The van der Waals surface area contributed by atoms with E-state index in [0.717, 1.165) is 57.8 Å². The lowest BCUT2D eigenvalue weighted by Crippen LogP contribution is -2.45. The summed E-state index contributed by atoms with van der Waals surface area (Å²) in [5.74, 6) is -0.0807. The number of ether oxygens (including phenoxy) is 1. The number of amides is 1. The Balaban J connectivity index is 3.46. The van der Waals surface area contributed by atoms with Crippen molar-refractivity contribution in [2.75, 3.05) is 13.2 Å². The molecule has 0 heterocycles. The molecule has 0 fully saturated rings. The molecule has 0 spiro atoms. The third-order valence-electron chi connectivity index (χ3n) is 12.5. The first-order chi connectivity index (χ1) is 30.0. The molecule has 0 saturated carbocycles. The Labute approximate surface area is 380 Å². The molecular formula is C55H105NO5. The van der Waals surface area contributed by atoms with Crippen LogP contribution >= 0.6 is 0 Å². The van der Waals surface area contributed by atoms with Crippen LogP contribution in [0.1, 0.15) is 290 Å². The molecular weight excluding hydrogens is 755 g/mol. The molecule has 0 aliphatic rings. The van der Waals surface area contributed by atoms with Crippen molar-refractivity contribution in [3.63, 3.8) is 0 Å². The molecule has 0 bridgehead atoms. The fraction of sp³-hybridized carbons (Fsp3) is 0.891. The molecule has 3 N–H and O–H groups in total. The summed E-state index contributed by atoms with van der Waals surface area (Å²) in [7, 11) is 0. The van der Waals surface area contributed by atoms with E-state index in [1.54, 1.807) is 6.08 Å². The van der Waals surface area contributed by atoms with E-state index in [1.165, 1.54) is 205 Å². The summed E-state index contributed by atoms with van der Waals surface area (Å²) >= 11 is 0. The van der Waals surface area contributed by atoms with Gasteiger partial charge in [0.15, 0.2) is 0 Å². The average molecular weight is 860 g/mol. The van der Waals surface area contributed by atoms with Crippen LogP contribution < -0.4 is 5.32 Å². The van der Waals surface area contributed by atoms with Gasteiger partial charge in [-0.25, -0.2) is 0 Å². The summed E-state index contributed by atoms with van der Waals surface area (Å²) in [5.41, 5.74) is 0. The second kappa shape index (κ2) is 51.0. The van der Waals surface area contributed by atoms with Gasteiger partial charge in [0.25, 0.3) is 0 Å². The standard InChI is InChI=1S/C55H105NO5/c1-3-5-7-9-11-13-15-17-21-25-29-33-37-41-45-49-55(60)61-50-46-42-38-34-30-26-23-20-18-19-22-24-28-32-36-40-44-48-54(59)56-52(51-57)53(58)47-43-39-35-31-27-16-14-12-10-8-6-4-2/h18,20,43,47,52-53,57-58H,3-17,19,21-42,44-46,48-51H2,1-2H3,(H,56,59)/b20-18-,47-43+. The van der Waals surface area contributed by atoms with Crippen LogP contribution in [0, 0.1) is 0 Å². The third-order valence-corrected chi connectivity index (χ3v) is 12.5. The van der Waals surface area contributed by atoms with E-state index in [1.807, 2.05) is 6.08 Å². The number of carbonyl (C=O) groups is 2. The number of rotatable bonds is 50. The minimum atomic E-state index is -0.850. The highest BCUT2D eigenvalue weighted by atomic mass is 16.5. The van der Waals surface area contributed by atoms with Crippen molar-refractivity contribution in [1.82, 2.24) is 5.32 Å². The smallest absolute Gasteiger partial charge is 0.305 e. The van der Waals surface area contributed by atoms with Crippen LogP contribution in [0.3, 0.4) is 0 Å². The second-order valence-corrected chi connectivity index (χ2v) is 18.6. The zero-order valence-electron chi connectivity index (χ0n) is 40.9. The molecule has 2 unspecified atom stereocenters. The van der Waals surface area contributed by atoms with E-state index in [-0.39, 0.29) is 18.5 Å². The van der Waals surface area contributed by atoms with E-state index in [4.69, 9.17) is 4.74 Å². The fourth-order valence-corrected chi connectivity index (χ4v) is 8.27. The van der Waals surface area contributed by atoms with Gasteiger partial charge in [-0.15, -0.1) is 0 Å². The number of unbranched alkanes of at least 4 members (excludes halogenated alkanes) is 37. The molecule has 0 saturated heterocycles. The Morgan fingerprint density at radius 2 is 0.770 bits per heavy atom. The normalized spacial score (nSPS) is 12.8. The molecule has 2 atom stereocenters. The quantitative estimate of drug-likeness (QED) is 0.0322. The van der Waals surface area contributed by atoms with Gasteiger partial charge in [-0.05, 0) is 57.8 Å². The number of allylic oxidation sites excluding steroid dienone is 3. The van der Waals surface area contributed by atoms with Crippen molar-refractivity contribution in [1.29, 1.82) is 0 Å². The zero-order valence-corrected chi connectivity index (χ0v) is 40.9. The van der Waals surface area contributed by atoms with Gasteiger partial charge in [0.1, 0.15) is 0 Å². The average Bonchev–Trinajstić information content (AvgIpc) is 3.26. The summed E-state index contributed by atoms with van der Waals surface area (Å²) in [6, 6.07) is -0.635. The number of hydrogen-bond acceptors (Lipinski definition) is 5. The highest BCUT2D eigenvalue weighted by molar-refractivity contribution is 5.76. The molecule has 0 aromatic rings. The van der Waals surface area contributed by atoms with Gasteiger partial charge in [0.05, 0.1) is 25.4 Å². The van der Waals surface area contributed by atoms with Crippen molar-refractivity contribution in [2.24, 2.45) is 0 Å². The van der Waals surface area contributed by atoms with Crippen LogP contribution in [0.5, 0.6) is 0 Å². The Hall–Kier alpha value is -1.66. The number of aliphatic hydroxyl groups excluding tert-OH is 2. The Kier molecular flexibility index (Phi) is 49.6. The molecule has 6 heteroatoms. The van der Waals surface area contributed by atoms with Gasteiger partial charge in [-0.3, -0.25) is 9.59 Å². The van der Waals surface area contributed by atoms with Crippen molar-refractivity contribution in [3.05, 3.63) is 24.3 Å². The molecule has 6 nitrogen and oxygen atoms in total. The Morgan fingerprint density at radius 1 is 0.443 bits per heavy atom. The summed E-state index contributed by atoms with van der Waals surface area (Å²) in [6.45, 7) is 4.88. The maximum Gasteiger partial charge on any atom is 0.305 e. The Morgan fingerprint density at radius 3 is 1.16 bits per heavy atom. The number of hydrogen-bond donors (Lipinski definition) is 3. The summed E-state index contributed by atoms with van der Waals surface area (Å²) < 4.78 is 5.47. The number of nitrogens with one attached hydrogen (secondary N) is 1. The summed E-state index contributed by atoms with van der Waals surface area (Å²) in [4.78, 5) is 24.4. The van der Waals surface area contributed by atoms with Crippen molar-refractivity contribution in [2.45, 2.75) is 302 Å². The lowest BCUT2D eigenvalue weighted by Gasteiger charge is -2.20. The van der Waals surface area contributed by atoms with Crippen molar-refractivity contribution in [3.8, 4) is 0 Å². The van der Waals surface area contributed by atoms with Crippen LogP contribution in [0.25, 0.3) is 0 Å². The van der Waals surface area contributed by atoms with Crippen LogP contribution in [-0.2, 0) is 14.3 Å². The van der Waals surface area contributed by atoms with E-state index in [0.29, 0.717) is 19.4 Å². The predicted octanol–water partition coefficient (Wildman–Crippen LogP) is 16.3. The van der Waals surface area contributed by atoms with Gasteiger partial charge in [0.2, 0.25) is 5.91 Å². The number of carbonyl (C=O) groups excluding carboxylic acids is 2. The molecule has 1 amide bonds. The fourth-order valence-electron chi connectivity index (χ4n) is 8.27. The summed E-state index contributed by atoms with van der Waals surface area (Å²) in [5, 5.41) is 23.0. The van der Waals surface area contributed by atoms with Crippen LogP contribution in [-0.4, -0.2) is 47.4 Å². The minimum absolute atomic E-state index is 0.000131. The summed E-state index contributed by atoms with van der Waals surface area (Å²) in [6.07, 6.45) is 60.4. The first kappa shape index (κ1) is 59.3. The van der Waals surface area contributed by atoms with Crippen LogP contribution in [0.2, 0.25) is 0 Å². The molecule has 0 aliphatic heterocycles. The second-order valence-electron chi connectivity index (χ2n) is 18.6. The van der Waals surface area contributed by atoms with Gasteiger partial charge in [-0.2, -0.15) is 0 Å². The van der Waals surface area contributed by atoms with E-state index < -0.39 is 12.1 Å². The molecule has 0 rings (SSSR count). The third kappa shape index (κ3) is 47.7. The number of esters is 1. The highest BCUT2D eigenvalue weighted by Crippen LogP contribution is 2.16. The predicted molar refractivity (Wildman–Crippen MR) is 264 cm³/mol. The Bertz CT molecular complexity index is 951. The molecule has 0 aromatic heterocycles. The van der Waals surface area contributed by atoms with Crippen molar-refractivity contribution >= 4 is 11.9 Å². The van der Waals surface area contributed by atoms with Crippen molar-refractivity contribution < 1.29 is 24.5 Å². The van der Waals surface area contributed by atoms with E-state index >= 15 is 0 Å². The zero-order chi connectivity index (χ0) is 44.4. The van der Waals surface area contributed by atoms with Gasteiger partial charge < -0.3 is 20.3 Å². The molecule has 0 aliphatic carbocycles. The minimum Gasteiger partial charge on any atom is -0.466 e. The molecule has 61 heavy (non-hydrogen) atoms. The highest BCUT2D eigenvalue weighted by Gasteiger charge is 2.18. The van der Waals surface area contributed by atoms with Gasteiger partial charge in [0, 0.05) is 12.8 Å². The first-order valence-corrected chi connectivity index (χ1v) is 27.1. The molecule has 0 aromatic carbocycles. The monoisotopic (exact) mass is 860 g/mol. The van der Waals surface area contributed by atoms with Crippen LogP contribution in [0.15, 0.2) is 24.3 Å². The maximum absolute atomic E-state index is 12.4.